The summed E-state index contributed by atoms with van der Waals surface area (Å²) in [5.74, 6) is -0.422. The minimum absolute atomic E-state index is 0.0783. The van der Waals surface area contributed by atoms with E-state index in [1.807, 2.05) is 6.07 Å². The quantitative estimate of drug-likeness (QED) is 0.564. The van der Waals surface area contributed by atoms with Crippen LogP contribution in [0.4, 0.5) is 10.1 Å². The average Bonchev–Trinajstić information content (AvgIpc) is 3.21. The standard InChI is InChI=1S/C21H15FN4O3/c22-15-11-9-14(10-12-15)20-24-21(29-25-20)17-7-4-8-19(28)26(17)13-18(27)23-16-5-2-1-3-6-16/h1-12H,13H2,(H,23,27). The number of carbonyl (C=O) groups excluding carboxylic acids is 1. The maximum absolute atomic E-state index is 13.1. The summed E-state index contributed by atoms with van der Waals surface area (Å²) in [5, 5.41) is 6.62. The Hall–Kier alpha value is -4.07. The lowest BCUT2D eigenvalue weighted by molar-refractivity contribution is -0.116. The van der Waals surface area contributed by atoms with Crippen molar-refractivity contribution < 1.29 is 13.7 Å². The Morgan fingerprint density at radius 2 is 1.76 bits per heavy atom. The number of nitrogens with one attached hydrogen (secondary N) is 1. The Morgan fingerprint density at radius 1 is 1.00 bits per heavy atom. The number of hydrogen-bond acceptors (Lipinski definition) is 5. The molecule has 1 amide bonds. The second kappa shape index (κ2) is 7.89. The molecule has 0 bridgehead atoms. The van der Waals surface area contributed by atoms with Crippen LogP contribution in [0.2, 0.25) is 0 Å². The first-order valence-electron chi connectivity index (χ1n) is 8.75. The molecule has 0 atom stereocenters. The Morgan fingerprint density at radius 3 is 2.52 bits per heavy atom. The molecule has 0 spiro atoms. The van der Waals surface area contributed by atoms with Crippen molar-refractivity contribution in [3.63, 3.8) is 0 Å². The Kier molecular flexibility index (Phi) is 4.98. The fraction of sp³-hybridized carbons (Fsp3) is 0.0476. The third kappa shape index (κ3) is 4.11. The molecule has 29 heavy (non-hydrogen) atoms. The van der Waals surface area contributed by atoms with Crippen molar-refractivity contribution in [3.05, 3.63) is 89.0 Å². The van der Waals surface area contributed by atoms with Crippen LogP contribution in [0.3, 0.4) is 0 Å². The number of para-hydroxylation sites is 1. The first-order chi connectivity index (χ1) is 14.1. The number of pyridine rings is 1. The minimum atomic E-state index is -0.382. The van der Waals surface area contributed by atoms with E-state index in [1.54, 1.807) is 36.4 Å². The van der Waals surface area contributed by atoms with Gasteiger partial charge in [-0.1, -0.05) is 29.4 Å². The number of anilines is 1. The smallest absolute Gasteiger partial charge is 0.274 e. The van der Waals surface area contributed by atoms with Crippen molar-refractivity contribution in [2.45, 2.75) is 6.54 Å². The van der Waals surface area contributed by atoms with E-state index >= 15 is 0 Å². The Labute approximate surface area is 164 Å². The minimum Gasteiger partial charge on any atom is -0.332 e. The number of benzene rings is 2. The van der Waals surface area contributed by atoms with Crippen molar-refractivity contribution in [2.75, 3.05) is 5.32 Å². The van der Waals surface area contributed by atoms with Crippen molar-refractivity contribution in [1.82, 2.24) is 14.7 Å². The first-order valence-corrected chi connectivity index (χ1v) is 8.75. The zero-order valence-corrected chi connectivity index (χ0v) is 15.1. The van der Waals surface area contributed by atoms with Crippen molar-refractivity contribution >= 4 is 11.6 Å². The SMILES string of the molecule is O=C(Cn1c(-c2nc(-c3ccc(F)cc3)no2)cccc1=O)Nc1ccccc1. The molecule has 4 rings (SSSR count). The fourth-order valence-corrected chi connectivity index (χ4v) is 2.78. The molecule has 0 radical (unpaired) electrons. The molecule has 144 valence electrons. The molecule has 0 aliphatic rings. The molecule has 2 aromatic carbocycles. The summed E-state index contributed by atoms with van der Waals surface area (Å²) < 4.78 is 19.6. The second-order valence-electron chi connectivity index (χ2n) is 6.18. The molecule has 0 aliphatic carbocycles. The van der Waals surface area contributed by atoms with E-state index < -0.39 is 0 Å². The predicted octanol–water partition coefficient (Wildman–Crippen LogP) is 3.34. The highest BCUT2D eigenvalue weighted by atomic mass is 19.1. The van der Waals surface area contributed by atoms with E-state index in [0.717, 1.165) is 0 Å². The third-order valence-corrected chi connectivity index (χ3v) is 4.16. The van der Waals surface area contributed by atoms with Gasteiger partial charge in [0.1, 0.15) is 18.1 Å². The van der Waals surface area contributed by atoms with Gasteiger partial charge < -0.3 is 9.84 Å². The van der Waals surface area contributed by atoms with Crippen LogP contribution in [0.25, 0.3) is 23.0 Å². The van der Waals surface area contributed by atoms with Crippen LogP contribution in [-0.2, 0) is 11.3 Å². The van der Waals surface area contributed by atoms with Crippen LogP contribution < -0.4 is 10.9 Å². The lowest BCUT2D eigenvalue weighted by atomic mass is 10.2. The summed E-state index contributed by atoms with van der Waals surface area (Å²) >= 11 is 0. The van der Waals surface area contributed by atoms with Crippen molar-refractivity contribution in [1.29, 1.82) is 0 Å². The van der Waals surface area contributed by atoms with Crippen molar-refractivity contribution in [2.24, 2.45) is 0 Å². The lowest BCUT2D eigenvalue weighted by Gasteiger charge is -2.10. The fourth-order valence-electron chi connectivity index (χ4n) is 2.78. The second-order valence-corrected chi connectivity index (χ2v) is 6.18. The molecule has 2 aromatic heterocycles. The zero-order chi connectivity index (χ0) is 20.2. The molecule has 7 nitrogen and oxygen atoms in total. The number of carbonyl (C=O) groups is 1. The van der Waals surface area contributed by atoms with Crippen LogP contribution >= 0.6 is 0 Å². The molecule has 0 unspecified atom stereocenters. The number of halogens is 1. The molecule has 2 heterocycles. The largest absolute Gasteiger partial charge is 0.332 e. The molecule has 0 saturated heterocycles. The van der Waals surface area contributed by atoms with Gasteiger partial charge in [0.15, 0.2) is 0 Å². The van der Waals surface area contributed by atoms with Crippen LogP contribution in [0.15, 0.2) is 82.1 Å². The summed E-state index contributed by atoms with van der Waals surface area (Å²) in [7, 11) is 0. The van der Waals surface area contributed by atoms with E-state index in [4.69, 9.17) is 4.52 Å². The van der Waals surface area contributed by atoms with Crippen LogP contribution in [-0.4, -0.2) is 20.6 Å². The van der Waals surface area contributed by atoms with Gasteiger partial charge in [0, 0.05) is 17.3 Å². The van der Waals surface area contributed by atoms with Gasteiger partial charge in [0.05, 0.1) is 0 Å². The molecule has 0 aliphatic heterocycles. The predicted molar refractivity (Wildman–Crippen MR) is 104 cm³/mol. The van der Waals surface area contributed by atoms with Gasteiger partial charge in [0.25, 0.3) is 11.4 Å². The van der Waals surface area contributed by atoms with Gasteiger partial charge in [-0.3, -0.25) is 14.2 Å². The van der Waals surface area contributed by atoms with E-state index in [0.29, 0.717) is 16.9 Å². The summed E-state index contributed by atoms with van der Waals surface area (Å²) in [5.41, 5.74) is 1.11. The third-order valence-electron chi connectivity index (χ3n) is 4.16. The molecule has 4 aromatic rings. The zero-order valence-electron chi connectivity index (χ0n) is 15.1. The van der Waals surface area contributed by atoms with Gasteiger partial charge in [-0.05, 0) is 42.5 Å². The summed E-state index contributed by atoms with van der Waals surface area (Å²) in [6.45, 7) is -0.224. The Balaban J connectivity index is 1.62. The van der Waals surface area contributed by atoms with E-state index in [9.17, 15) is 14.0 Å². The highest BCUT2D eigenvalue weighted by Crippen LogP contribution is 2.21. The van der Waals surface area contributed by atoms with Gasteiger partial charge in [-0.2, -0.15) is 4.98 Å². The normalized spacial score (nSPS) is 10.7. The molecule has 0 saturated carbocycles. The highest BCUT2D eigenvalue weighted by Gasteiger charge is 2.17. The maximum Gasteiger partial charge on any atom is 0.274 e. The summed E-state index contributed by atoms with van der Waals surface area (Å²) in [6, 6.07) is 19.1. The first kappa shape index (κ1) is 18.3. The van der Waals surface area contributed by atoms with Crippen LogP contribution in [0.1, 0.15) is 0 Å². The van der Waals surface area contributed by atoms with Gasteiger partial charge >= 0.3 is 0 Å². The molecular formula is C21H15FN4O3. The summed E-state index contributed by atoms with van der Waals surface area (Å²) in [4.78, 5) is 29.1. The highest BCUT2D eigenvalue weighted by molar-refractivity contribution is 5.90. The van der Waals surface area contributed by atoms with Gasteiger partial charge in [0.2, 0.25) is 11.7 Å². The van der Waals surface area contributed by atoms with Crippen LogP contribution in [0, 0.1) is 5.82 Å². The Bertz CT molecular complexity index is 1200. The number of hydrogen-bond donors (Lipinski definition) is 1. The molecule has 0 fully saturated rings. The topological polar surface area (TPSA) is 90.0 Å². The van der Waals surface area contributed by atoms with E-state index in [1.165, 1.54) is 34.9 Å². The van der Waals surface area contributed by atoms with Gasteiger partial charge in [-0.25, -0.2) is 4.39 Å². The number of aromatic nitrogens is 3. The lowest BCUT2D eigenvalue weighted by Crippen LogP contribution is -2.28. The number of rotatable bonds is 5. The van der Waals surface area contributed by atoms with E-state index in [-0.39, 0.29) is 35.5 Å². The number of amides is 1. The number of nitrogens with zero attached hydrogens (tertiary/aromatic N) is 3. The summed E-state index contributed by atoms with van der Waals surface area (Å²) in [6.07, 6.45) is 0. The van der Waals surface area contributed by atoms with E-state index in [2.05, 4.69) is 15.5 Å². The maximum atomic E-state index is 13.1. The van der Waals surface area contributed by atoms with Crippen molar-refractivity contribution in [3.8, 4) is 23.0 Å². The van der Waals surface area contributed by atoms with Gasteiger partial charge in [-0.15, -0.1) is 0 Å². The molecule has 8 heteroatoms. The monoisotopic (exact) mass is 390 g/mol. The molecular weight excluding hydrogens is 375 g/mol. The average molecular weight is 390 g/mol. The molecule has 1 N–H and O–H groups in total. The van der Waals surface area contributed by atoms with Crippen LogP contribution in [0.5, 0.6) is 0 Å².